The molecule has 1 aliphatic carbocycles. The van der Waals surface area contributed by atoms with Crippen LogP contribution in [-0.4, -0.2) is 66.2 Å². The summed E-state index contributed by atoms with van der Waals surface area (Å²) in [7, 11) is 2.08. The van der Waals surface area contributed by atoms with Crippen molar-refractivity contribution in [3.8, 4) is 0 Å². The summed E-state index contributed by atoms with van der Waals surface area (Å²) >= 11 is 0. The molecule has 6 heteroatoms. The van der Waals surface area contributed by atoms with E-state index in [1.165, 1.54) is 0 Å². The topological polar surface area (TPSA) is 72.9 Å². The average Bonchev–Trinajstić information content (AvgIpc) is 3.20. The molecule has 2 fully saturated rings. The van der Waals surface area contributed by atoms with Gasteiger partial charge >= 0.3 is 12.0 Å². The molecule has 1 atom stereocenters. The van der Waals surface area contributed by atoms with Gasteiger partial charge in [0.25, 0.3) is 0 Å². The zero-order valence-electron chi connectivity index (χ0n) is 12.4. The predicted octanol–water partition coefficient (Wildman–Crippen LogP) is 0.977. The average molecular weight is 283 g/mol. The maximum atomic E-state index is 12.3. The lowest BCUT2D eigenvalue weighted by Gasteiger charge is -2.30. The quantitative estimate of drug-likeness (QED) is 0.806. The van der Waals surface area contributed by atoms with Gasteiger partial charge in [-0.25, -0.2) is 4.79 Å². The second-order valence-corrected chi connectivity index (χ2v) is 6.12. The van der Waals surface area contributed by atoms with Crippen LogP contribution in [0.1, 0.15) is 32.6 Å². The van der Waals surface area contributed by atoms with Crippen LogP contribution < -0.4 is 5.32 Å². The van der Waals surface area contributed by atoms with Crippen LogP contribution in [-0.2, 0) is 4.79 Å². The van der Waals surface area contributed by atoms with Gasteiger partial charge in [0.05, 0.1) is 5.41 Å². The van der Waals surface area contributed by atoms with Gasteiger partial charge in [-0.05, 0) is 39.3 Å². The number of carbonyl (C=O) groups is 2. The third-order valence-corrected chi connectivity index (χ3v) is 4.52. The van der Waals surface area contributed by atoms with Crippen molar-refractivity contribution in [1.82, 2.24) is 15.1 Å². The molecule has 0 aromatic rings. The maximum Gasteiger partial charge on any atom is 0.317 e. The van der Waals surface area contributed by atoms with E-state index in [1.54, 1.807) is 0 Å². The van der Waals surface area contributed by atoms with Crippen molar-refractivity contribution in [2.24, 2.45) is 5.41 Å². The molecule has 1 saturated carbocycles. The van der Waals surface area contributed by atoms with Crippen LogP contribution in [0.3, 0.4) is 0 Å². The summed E-state index contributed by atoms with van der Waals surface area (Å²) in [5.74, 6) is -0.791. The smallest absolute Gasteiger partial charge is 0.317 e. The first kappa shape index (κ1) is 15.1. The summed E-state index contributed by atoms with van der Waals surface area (Å²) in [6.07, 6.45) is 3.22. The van der Waals surface area contributed by atoms with Gasteiger partial charge in [-0.1, -0.05) is 6.92 Å². The minimum atomic E-state index is -0.791. The number of carboxylic acids is 1. The summed E-state index contributed by atoms with van der Waals surface area (Å²) in [6.45, 7) is 4.97. The van der Waals surface area contributed by atoms with Crippen LogP contribution in [0.25, 0.3) is 0 Å². The van der Waals surface area contributed by atoms with Crippen LogP contribution in [0.2, 0.25) is 0 Å². The van der Waals surface area contributed by atoms with Gasteiger partial charge in [0.15, 0.2) is 0 Å². The Kier molecular flexibility index (Phi) is 4.52. The fourth-order valence-electron chi connectivity index (χ4n) is 2.82. The maximum absolute atomic E-state index is 12.3. The van der Waals surface area contributed by atoms with E-state index in [9.17, 15) is 9.59 Å². The van der Waals surface area contributed by atoms with E-state index >= 15 is 0 Å². The zero-order chi connectivity index (χ0) is 14.8. The zero-order valence-corrected chi connectivity index (χ0v) is 12.4. The number of hydrogen-bond acceptors (Lipinski definition) is 3. The highest BCUT2D eigenvalue weighted by molar-refractivity contribution is 5.80. The Morgan fingerprint density at radius 1 is 1.35 bits per heavy atom. The van der Waals surface area contributed by atoms with Crippen molar-refractivity contribution in [2.75, 3.05) is 33.2 Å². The SMILES string of the molecule is CCC1CN(C)CCCN1C(=O)NCC1(C(=O)O)CC1. The Bertz CT molecular complexity index is 382. The van der Waals surface area contributed by atoms with Crippen molar-refractivity contribution < 1.29 is 14.7 Å². The Morgan fingerprint density at radius 3 is 2.60 bits per heavy atom. The van der Waals surface area contributed by atoms with Gasteiger partial charge in [0.2, 0.25) is 0 Å². The molecule has 1 unspecified atom stereocenters. The number of hydrogen-bond donors (Lipinski definition) is 2. The lowest BCUT2D eigenvalue weighted by Crippen LogP contribution is -2.49. The molecular weight excluding hydrogens is 258 g/mol. The lowest BCUT2D eigenvalue weighted by molar-refractivity contribution is -0.143. The molecule has 20 heavy (non-hydrogen) atoms. The van der Waals surface area contributed by atoms with Gasteiger partial charge in [-0.15, -0.1) is 0 Å². The van der Waals surface area contributed by atoms with Gasteiger partial charge in [-0.3, -0.25) is 4.79 Å². The van der Waals surface area contributed by atoms with E-state index < -0.39 is 11.4 Å². The van der Waals surface area contributed by atoms with E-state index in [0.29, 0.717) is 12.8 Å². The number of nitrogens with one attached hydrogen (secondary N) is 1. The normalized spacial score (nSPS) is 25.9. The van der Waals surface area contributed by atoms with Crippen molar-refractivity contribution >= 4 is 12.0 Å². The molecule has 0 aromatic heterocycles. The van der Waals surface area contributed by atoms with Crippen LogP contribution in [0, 0.1) is 5.41 Å². The van der Waals surface area contributed by atoms with E-state index in [4.69, 9.17) is 5.11 Å². The summed E-state index contributed by atoms with van der Waals surface area (Å²) in [5, 5.41) is 12.0. The van der Waals surface area contributed by atoms with Gasteiger partial charge in [0, 0.05) is 25.7 Å². The van der Waals surface area contributed by atoms with Gasteiger partial charge in [-0.2, -0.15) is 0 Å². The molecule has 2 aliphatic rings. The largest absolute Gasteiger partial charge is 0.481 e. The predicted molar refractivity (Wildman–Crippen MR) is 75.6 cm³/mol. The van der Waals surface area contributed by atoms with Crippen molar-refractivity contribution in [2.45, 2.75) is 38.6 Å². The first-order valence-electron chi connectivity index (χ1n) is 7.45. The second-order valence-electron chi connectivity index (χ2n) is 6.12. The van der Waals surface area contributed by atoms with Crippen LogP contribution in [0.4, 0.5) is 4.79 Å². The van der Waals surface area contributed by atoms with Gasteiger partial charge < -0.3 is 20.2 Å². The molecular formula is C14H25N3O3. The molecule has 6 nitrogen and oxygen atoms in total. The molecule has 0 radical (unpaired) electrons. The number of amides is 2. The van der Waals surface area contributed by atoms with Crippen LogP contribution >= 0.6 is 0 Å². The van der Waals surface area contributed by atoms with E-state index in [0.717, 1.165) is 32.5 Å². The number of urea groups is 1. The molecule has 1 aliphatic heterocycles. The number of nitrogens with zero attached hydrogens (tertiary/aromatic N) is 2. The summed E-state index contributed by atoms with van der Waals surface area (Å²) in [6, 6.07) is 0.0992. The molecule has 2 amide bonds. The number of rotatable bonds is 4. The summed E-state index contributed by atoms with van der Waals surface area (Å²) in [4.78, 5) is 27.6. The van der Waals surface area contributed by atoms with E-state index in [2.05, 4.69) is 24.2 Å². The lowest BCUT2D eigenvalue weighted by atomic mass is 10.1. The minimum absolute atomic E-state index is 0.111. The highest BCUT2D eigenvalue weighted by Gasteiger charge is 2.50. The molecule has 2 rings (SSSR count). The number of carboxylic acid groups (broad SMARTS) is 1. The van der Waals surface area contributed by atoms with Crippen molar-refractivity contribution in [3.63, 3.8) is 0 Å². The number of carbonyl (C=O) groups excluding carboxylic acids is 1. The summed E-state index contributed by atoms with van der Waals surface area (Å²) in [5.41, 5.74) is -0.694. The number of aliphatic carboxylic acids is 1. The Balaban J connectivity index is 1.91. The third kappa shape index (κ3) is 3.23. The molecule has 1 heterocycles. The molecule has 2 N–H and O–H groups in total. The summed E-state index contributed by atoms with van der Waals surface area (Å²) < 4.78 is 0. The molecule has 0 bridgehead atoms. The molecule has 0 spiro atoms. The Labute approximate surface area is 120 Å². The first-order valence-corrected chi connectivity index (χ1v) is 7.45. The van der Waals surface area contributed by atoms with Crippen LogP contribution in [0.5, 0.6) is 0 Å². The highest BCUT2D eigenvalue weighted by atomic mass is 16.4. The van der Waals surface area contributed by atoms with Crippen LogP contribution in [0.15, 0.2) is 0 Å². The van der Waals surface area contributed by atoms with E-state index in [1.807, 2.05) is 4.90 Å². The van der Waals surface area contributed by atoms with Gasteiger partial charge in [0.1, 0.15) is 0 Å². The highest BCUT2D eigenvalue weighted by Crippen LogP contribution is 2.45. The number of likely N-dealkylation sites (N-methyl/N-ethyl adjacent to an activating group) is 1. The first-order chi connectivity index (χ1) is 9.48. The standard InChI is InChI=1S/C14H25N3O3/c1-3-11-9-16(2)7-4-8-17(11)13(20)15-10-14(5-6-14)12(18)19/h11H,3-10H2,1-2H3,(H,15,20)(H,18,19). The van der Waals surface area contributed by atoms with Crippen molar-refractivity contribution in [3.05, 3.63) is 0 Å². The molecule has 1 saturated heterocycles. The minimum Gasteiger partial charge on any atom is -0.481 e. The Morgan fingerprint density at radius 2 is 2.05 bits per heavy atom. The Hall–Kier alpha value is -1.30. The fourth-order valence-corrected chi connectivity index (χ4v) is 2.82. The van der Waals surface area contributed by atoms with Crippen molar-refractivity contribution in [1.29, 1.82) is 0 Å². The second kappa shape index (κ2) is 5.99. The monoisotopic (exact) mass is 283 g/mol. The van der Waals surface area contributed by atoms with E-state index in [-0.39, 0.29) is 18.6 Å². The molecule has 114 valence electrons. The molecule has 0 aromatic carbocycles. The fraction of sp³-hybridized carbons (Fsp3) is 0.857. The third-order valence-electron chi connectivity index (χ3n) is 4.52.